The van der Waals surface area contributed by atoms with Gasteiger partial charge in [-0.05, 0) is 6.07 Å². The third-order valence-electron chi connectivity index (χ3n) is 1.90. The van der Waals surface area contributed by atoms with Crippen LogP contribution >= 0.6 is 34.8 Å². The molecule has 1 rings (SSSR count). The first-order chi connectivity index (χ1) is 8.25. The Morgan fingerprint density at radius 3 is 2.50 bits per heavy atom. The Morgan fingerprint density at radius 2 is 2.06 bits per heavy atom. The molecule has 0 spiro atoms. The highest BCUT2D eigenvalue weighted by Gasteiger charge is 2.31. The number of rotatable bonds is 3. The summed E-state index contributed by atoms with van der Waals surface area (Å²) in [6, 6.07) is 3.66. The molecule has 6 nitrogen and oxygen atoms in total. The fraction of sp³-hybridized carbons (Fsp3) is 0.222. The molecule has 0 fully saturated rings. The zero-order chi connectivity index (χ0) is 13.9. The van der Waals surface area contributed by atoms with Crippen molar-refractivity contribution >= 4 is 52.1 Å². The van der Waals surface area contributed by atoms with Crippen LogP contribution in [0.4, 0.5) is 11.4 Å². The van der Waals surface area contributed by atoms with E-state index in [9.17, 15) is 14.9 Å². The van der Waals surface area contributed by atoms with Gasteiger partial charge in [-0.25, -0.2) is 0 Å². The van der Waals surface area contributed by atoms with Gasteiger partial charge in [-0.1, -0.05) is 34.8 Å². The maximum atomic E-state index is 11.5. The Morgan fingerprint density at radius 1 is 1.44 bits per heavy atom. The first-order valence-electron chi connectivity index (χ1n) is 4.46. The molecule has 1 amide bonds. The molecule has 0 aromatic heterocycles. The highest BCUT2D eigenvalue weighted by atomic mass is 35.6. The summed E-state index contributed by atoms with van der Waals surface area (Å²) in [5.41, 5.74) is -0.182. The third kappa shape index (κ3) is 3.63. The molecule has 1 N–H and O–H groups in total. The molecular formula is C9H7Cl3N2O4. The Bertz CT molecular complexity index is 487. The summed E-state index contributed by atoms with van der Waals surface area (Å²) < 4.78 is 2.76. The van der Waals surface area contributed by atoms with Gasteiger partial charge in [0.2, 0.25) is 0 Å². The molecule has 0 saturated heterocycles. The number of nitrogens with zero attached hydrogens (tertiary/aromatic N) is 1. The van der Waals surface area contributed by atoms with Crippen LogP contribution in [0.15, 0.2) is 18.2 Å². The van der Waals surface area contributed by atoms with Gasteiger partial charge in [-0.3, -0.25) is 14.9 Å². The summed E-state index contributed by atoms with van der Waals surface area (Å²) >= 11 is 16.1. The van der Waals surface area contributed by atoms with Crippen molar-refractivity contribution in [3.8, 4) is 5.75 Å². The lowest BCUT2D eigenvalue weighted by Gasteiger charge is -2.13. The molecule has 0 unspecified atom stereocenters. The van der Waals surface area contributed by atoms with E-state index in [-0.39, 0.29) is 17.1 Å². The minimum atomic E-state index is -2.17. The van der Waals surface area contributed by atoms with Crippen molar-refractivity contribution in [2.24, 2.45) is 0 Å². The molecule has 1 aromatic rings. The van der Waals surface area contributed by atoms with Crippen molar-refractivity contribution in [2.75, 3.05) is 12.4 Å². The van der Waals surface area contributed by atoms with E-state index in [0.29, 0.717) is 0 Å². The van der Waals surface area contributed by atoms with E-state index in [1.54, 1.807) is 0 Å². The Kier molecular flexibility index (Phi) is 4.61. The molecule has 0 saturated carbocycles. The van der Waals surface area contributed by atoms with Crippen molar-refractivity contribution < 1.29 is 14.5 Å². The number of benzene rings is 1. The van der Waals surface area contributed by atoms with Gasteiger partial charge in [-0.2, -0.15) is 0 Å². The van der Waals surface area contributed by atoms with Crippen LogP contribution in [0.3, 0.4) is 0 Å². The summed E-state index contributed by atoms with van der Waals surface area (Å²) in [7, 11) is 1.34. The number of nitro groups is 1. The Balaban J connectivity index is 3.09. The Hall–Kier alpha value is -1.24. The molecule has 1 aromatic carbocycles. The third-order valence-corrected chi connectivity index (χ3v) is 2.41. The SMILES string of the molecule is COc1ccc([N+](=O)[O-])cc1NC(=O)C(Cl)(Cl)Cl. The van der Waals surface area contributed by atoms with Gasteiger partial charge in [0.15, 0.2) is 0 Å². The van der Waals surface area contributed by atoms with Crippen molar-refractivity contribution in [1.29, 1.82) is 0 Å². The van der Waals surface area contributed by atoms with E-state index in [0.717, 1.165) is 6.07 Å². The first-order valence-corrected chi connectivity index (χ1v) is 5.59. The fourth-order valence-electron chi connectivity index (χ4n) is 1.10. The lowest BCUT2D eigenvalue weighted by atomic mass is 10.2. The molecule has 98 valence electrons. The smallest absolute Gasteiger partial charge is 0.276 e. The van der Waals surface area contributed by atoms with Crippen molar-refractivity contribution in [1.82, 2.24) is 0 Å². The summed E-state index contributed by atoms with van der Waals surface area (Å²) in [5.74, 6) is -0.727. The summed E-state index contributed by atoms with van der Waals surface area (Å²) in [6.45, 7) is 0. The quantitative estimate of drug-likeness (QED) is 0.528. The van der Waals surface area contributed by atoms with Gasteiger partial charge in [0.25, 0.3) is 15.4 Å². The highest BCUT2D eigenvalue weighted by Crippen LogP contribution is 2.32. The van der Waals surface area contributed by atoms with Crippen LogP contribution in [0.25, 0.3) is 0 Å². The molecule has 0 radical (unpaired) electrons. The minimum absolute atomic E-state index is 0.0445. The van der Waals surface area contributed by atoms with Crippen LogP contribution in [-0.2, 0) is 4.79 Å². The fourth-order valence-corrected chi connectivity index (χ4v) is 1.24. The molecular weight excluding hydrogens is 306 g/mol. The summed E-state index contributed by atoms with van der Waals surface area (Å²) in [6.07, 6.45) is 0. The number of anilines is 1. The molecule has 18 heavy (non-hydrogen) atoms. The second kappa shape index (κ2) is 5.60. The van der Waals surface area contributed by atoms with Crippen LogP contribution in [0, 0.1) is 10.1 Å². The number of nitrogens with one attached hydrogen (secondary N) is 1. The lowest BCUT2D eigenvalue weighted by molar-refractivity contribution is -0.384. The maximum absolute atomic E-state index is 11.5. The van der Waals surface area contributed by atoms with E-state index >= 15 is 0 Å². The van der Waals surface area contributed by atoms with Gasteiger partial charge in [0, 0.05) is 12.1 Å². The second-order valence-electron chi connectivity index (χ2n) is 3.09. The van der Waals surface area contributed by atoms with Crippen molar-refractivity contribution in [2.45, 2.75) is 3.79 Å². The summed E-state index contributed by atoms with van der Waals surface area (Å²) in [5, 5.41) is 12.8. The summed E-state index contributed by atoms with van der Waals surface area (Å²) in [4.78, 5) is 21.4. The average Bonchev–Trinajstić information content (AvgIpc) is 2.27. The molecule has 0 aliphatic carbocycles. The van der Waals surface area contributed by atoms with Crippen LogP contribution in [0.1, 0.15) is 0 Å². The number of methoxy groups -OCH3 is 1. The van der Waals surface area contributed by atoms with E-state index in [1.165, 1.54) is 19.2 Å². The number of nitro benzene ring substituents is 1. The van der Waals surface area contributed by atoms with Crippen LogP contribution in [-0.4, -0.2) is 21.7 Å². The van der Waals surface area contributed by atoms with E-state index < -0.39 is 14.6 Å². The number of amides is 1. The van der Waals surface area contributed by atoms with Crippen LogP contribution in [0.2, 0.25) is 0 Å². The normalized spacial score (nSPS) is 10.9. The number of carbonyl (C=O) groups is 1. The van der Waals surface area contributed by atoms with Gasteiger partial charge in [0.05, 0.1) is 17.7 Å². The number of halogens is 3. The van der Waals surface area contributed by atoms with Gasteiger partial charge in [-0.15, -0.1) is 0 Å². The average molecular weight is 314 g/mol. The maximum Gasteiger partial charge on any atom is 0.276 e. The van der Waals surface area contributed by atoms with E-state index in [1.807, 2.05) is 0 Å². The van der Waals surface area contributed by atoms with Gasteiger partial charge in [0.1, 0.15) is 5.75 Å². The predicted molar refractivity (Wildman–Crippen MR) is 68.6 cm³/mol. The topological polar surface area (TPSA) is 81.5 Å². The van der Waals surface area contributed by atoms with E-state index in [4.69, 9.17) is 39.5 Å². The standard InChI is InChI=1S/C9H7Cl3N2O4/c1-18-7-3-2-5(14(16)17)4-6(7)13-8(15)9(10,11)12/h2-4H,1H3,(H,13,15). The van der Waals surface area contributed by atoms with Gasteiger partial charge < -0.3 is 10.1 Å². The van der Waals surface area contributed by atoms with Crippen LogP contribution < -0.4 is 10.1 Å². The molecule has 0 aliphatic heterocycles. The first kappa shape index (κ1) is 14.8. The zero-order valence-corrected chi connectivity index (χ0v) is 11.2. The minimum Gasteiger partial charge on any atom is -0.495 e. The number of alkyl halides is 3. The van der Waals surface area contributed by atoms with Gasteiger partial charge >= 0.3 is 0 Å². The van der Waals surface area contributed by atoms with Crippen molar-refractivity contribution in [3.05, 3.63) is 28.3 Å². The predicted octanol–water partition coefficient (Wildman–Crippen LogP) is 2.91. The second-order valence-corrected chi connectivity index (χ2v) is 5.37. The molecule has 0 bridgehead atoms. The zero-order valence-electron chi connectivity index (χ0n) is 8.95. The number of hydrogen-bond donors (Lipinski definition) is 1. The number of carbonyl (C=O) groups excluding carboxylic acids is 1. The van der Waals surface area contributed by atoms with E-state index in [2.05, 4.69) is 5.32 Å². The number of ether oxygens (including phenoxy) is 1. The molecule has 0 atom stereocenters. The Labute approximate surface area is 117 Å². The molecule has 9 heteroatoms. The molecule has 0 aliphatic rings. The van der Waals surface area contributed by atoms with Crippen molar-refractivity contribution in [3.63, 3.8) is 0 Å². The number of non-ortho nitro benzene ring substituents is 1. The monoisotopic (exact) mass is 312 g/mol. The largest absolute Gasteiger partial charge is 0.495 e. The molecule has 0 heterocycles. The lowest BCUT2D eigenvalue weighted by Crippen LogP contribution is -2.27. The highest BCUT2D eigenvalue weighted by molar-refractivity contribution is 6.76. The van der Waals surface area contributed by atoms with Crippen LogP contribution in [0.5, 0.6) is 5.75 Å². The number of hydrogen-bond acceptors (Lipinski definition) is 4.